The van der Waals surface area contributed by atoms with Gasteiger partial charge >= 0.3 is 0 Å². The monoisotopic (exact) mass is 381 g/mol. The average molecular weight is 382 g/mol. The van der Waals surface area contributed by atoms with Crippen LogP contribution in [0.5, 0.6) is 5.75 Å². The predicted molar refractivity (Wildman–Crippen MR) is 95.9 cm³/mol. The molecule has 1 aliphatic heterocycles. The lowest BCUT2D eigenvalue weighted by atomic mass is 9.95. The molecule has 1 heterocycles. The third kappa shape index (κ3) is 2.73. The van der Waals surface area contributed by atoms with Gasteiger partial charge in [0.05, 0.1) is 6.04 Å². The fourth-order valence-corrected chi connectivity index (χ4v) is 3.35. The summed E-state index contributed by atoms with van der Waals surface area (Å²) in [5.74, 6) is 0.796. The third-order valence-electron chi connectivity index (χ3n) is 4.23. The van der Waals surface area contributed by atoms with Crippen LogP contribution in [-0.2, 0) is 0 Å². The van der Waals surface area contributed by atoms with Gasteiger partial charge in [-0.2, -0.15) is 0 Å². The zero-order chi connectivity index (χ0) is 16.5. The van der Waals surface area contributed by atoms with Crippen LogP contribution in [0, 0.1) is 0 Å². The molecule has 0 amide bonds. The van der Waals surface area contributed by atoms with Crippen molar-refractivity contribution >= 4 is 15.9 Å². The van der Waals surface area contributed by atoms with E-state index in [-0.39, 0.29) is 6.04 Å². The van der Waals surface area contributed by atoms with Crippen molar-refractivity contribution in [2.24, 2.45) is 0 Å². The van der Waals surface area contributed by atoms with Crippen LogP contribution in [0.2, 0.25) is 0 Å². The zero-order valence-corrected chi connectivity index (χ0v) is 14.4. The zero-order valence-electron chi connectivity index (χ0n) is 12.8. The quantitative estimate of drug-likeness (QED) is 0.651. The fourth-order valence-electron chi connectivity index (χ4n) is 3.08. The maximum Gasteiger partial charge on any atom is 0.201 e. The maximum absolute atomic E-state index is 10.9. The minimum Gasteiger partial charge on any atom is -0.468 e. The van der Waals surface area contributed by atoms with E-state index in [0.717, 1.165) is 26.9 Å². The third-order valence-corrected chi connectivity index (χ3v) is 4.76. The molecule has 0 spiro atoms. The summed E-state index contributed by atoms with van der Waals surface area (Å²) in [5.41, 5.74) is 2.88. The predicted octanol–water partition coefficient (Wildman–Crippen LogP) is 5.32. The number of para-hydroxylation sites is 1. The van der Waals surface area contributed by atoms with E-state index >= 15 is 0 Å². The summed E-state index contributed by atoms with van der Waals surface area (Å²) in [7, 11) is 0. The highest BCUT2D eigenvalue weighted by Crippen LogP contribution is 2.44. The topological polar surface area (TPSA) is 32.7 Å². The number of rotatable bonds is 2. The number of hydrogen-bond donors (Lipinski definition) is 1. The van der Waals surface area contributed by atoms with Gasteiger partial charge in [-0.05, 0) is 23.8 Å². The van der Waals surface area contributed by atoms with E-state index < -0.39 is 6.23 Å². The minimum absolute atomic E-state index is 0.273. The van der Waals surface area contributed by atoms with Crippen LogP contribution in [0.25, 0.3) is 0 Å². The van der Waals surface area contributed by atoms with Crippen LogP contribution < -0.4 is 4.74 Å². The molecule has 0 aliphatic carbocycles. The summed E-state index contributed by atoms with van der Waals surface area (Å²) in [4.78, 5) is 0. The van der Waals surface area contributed by atoms with Gasteiger partial charge in [-0.1, -0.05) is 76.6 Å². The van der Waals surface area contributed by atoms with Gasteiger partial charge in [0, 0.05) is 15.6 Å². The van der Waals surface area contributed by atoms with Gasteiger partial charge in [0.15, 0.2) is 0 Å². The Balaban J connectivity index is 1.82. The smallest absolute Gasteiger partial charge is 0.201 e. The Morgan fingerprint density at radius 1 is 0.792 bits per heavy atom. The Hall–Kier alpha value is -2.14. The second-order valence-corrected chi connectivity index (χ2v) is 6.67. The van der Waals surface area contributed by atoms with Crippen molar-refractivity contribution in [1.82, 2.24) is 5.06 Å². The summed E-state index contributed by atoms with van der Waals surface area (Å²) in [6.45, 7) is 0. The van der Waals surface area contributed by atoms with E-state index in [2.05, 4.69) is 15.9 Å². The van der Waals surface area contributed by atoms with Crippen molar-refractivity contribution in [3.05, 3.63) is 100 Å². The number of hydroxylamine groups is 2. The van der Waals surface area contributed by atoms with Crippen molar-refractivity contribution in [1.29, 1.82) is 0 Å². The Morgan fingerprint density at radius 3 is 2.21 bits per heavy atom. The average Bonchev–Trinajstić information content (AvgIpc) is 2.63. The lowest BCUT2D eigenvalue weighted by Gasteiger charge is -2.39. The molecule has 120 valence electrons. The van der Waals surface area contributed by atoms with Crippen LogP contribution in [-0.4, -0.2) is 10.3 Å². The molecule has 24 heavy (non-hydrogen) atoms. The Morgan fingerprint density at radius 2 is 1.46 bits per heavy atom. The van der Waals surface area contributed by atoms with Gasteiger partial charge in [-0.3, -0.25) is 0 Å². The fraction of sp³-hybridized carbons (Fsp3) is 0.100. The van der Waals surface area contributed by atoms with Crippen LogP contribution >= 0.6 is 15.9 Å². The minimum atomic E-state index is -0.557. The van der Waals surface area contributed by atoms with Gasteiger partial charge in [-0.25, -0.2) is 0 Å². The molecule has 4 heteroatoms. The lowest BCUT2D eigenvalue weighted by Crippen LogP contribution is -2.37. The molecule has 3 aromatic rings. The number of halogens is 1. The molecule has 2 unspecified atom stereocenters. The molecule has 3 nitrogen and oxygen atoms in total. The summed E-state index contributed by atoms with van der Waals surface area (Å²) in [6.07, 6.45) is -0.557. The molecule has 3 aromatic carbocycles. The second kappa shape index (κ2) is 6.40. The number of hydrogen-bond acceptors (Lipinski definition) is 3. The van der Waals surface area contributed by atoms with Crippen LogP contribution in [0.1, 0.15) is 29.0 Å². The van der Waals surface area contributed by atoms with Gasteiger partial charge in [0.1, 0.15) is 5.75 Å². The standard InChI is InChI=1S/C20H16BrNO2/c21-16-12-10-15(11-13-16)20-22(23)19(14-6-2-1-3-7-14)17-8-4-5-9-18(17)24-20/h1-13,19-20,23H. The van der Waals surface area contributed by atoms with Crippen molar-refractivity contribution < 1.29 is 9.94 Å². The summed E-state index contributed by atoms with van der Waals surface area (Å²) in [6, 6.07) is 25.4. The largest absolute Gasteiger partial charge is 0.468 e. The highest BCUT2D eigenvalue weighted by molar-refractivity contribution is 9.10. The molecule has 0 radical (unpaired) electrons. The molecule has 1 aliphatic rings. The van der Waals surface area contributed by atoms with Crippen molar-refractivity contribution in [3.63, 3.8) is 0 Å². The van der Waals surface area contributed by atoms with Gasteiger partial charge in [-0.15, -0.1) is 5.06 Å². The molecule has 0 fully saturated rings. The second-order valence-electron chi connectivity index (χ2n) is 5.75. The number of benzene rings is 3. The summed E-state index contributed by atoms with van der Waals surface area (Å²) in [5, 5.41) is 12.2. The van der Waals surface area contributed by atoms with Gasteiger partial charge in [0.25, 0.3) is 0 Å². The van der Waals surface area contributed by atoms with E-state index in [9.17, 15) is 5.21 Å². The SMILES string of the molecule is ON1C(c2ccc(Br)cc2)Oc2ccccc2C1c1ccccc1. The number of fused-ring (bicyclic) bond motifs is 1. The van der Waals surface area contributed by atoms with E-state index in [4.69, 9.17) is 4.74 Å². The number of ether oxygens (including phenoxy) is 1. The highest BCUT2D eigenvalue weighted by Gasteiger charge is 2.36. The van der Waals surface area contributed by atoms with Crippen LogP contribution in [0.4, 0.5) is 0 Å². The van der Waals surface area contributed by atoms with E-state index in [1.165, 1.54) is 5.06 Å². The first-order valence-electron chi connectivity index (χ1n) is 7.77. The van der Waals surface area contributed by atoms with Crippen LogP contribution in [0.3, 0.4) is 0 Å². The lowest BCUT2D eigenvalue weighted by molar-refractivity contribution is -0.220. The first-order valence-corrected chi connectivity index (χ1v) is 8.56. The Labute approximate surface area is 149 Å². The van der Waals surface area contributed by atoms with Gasteiger partial charge < -0.3 is 9.94 Å². The van der Waals surface area contributed by atoms with E-state index in [1.807, 2.05) is 78.9 Å². The maximum atomic E-state index is 10.9. The van der Waals surface area contributed by atoms with Gasteiger partial charge in [0.2, 0.25) is 6.23 Å². The molecule has 0 aromatic heterocycles. The van der Waals surface area contributed by atoms with Crippen molar-refractivity contribution in [3.8, 4) is 5.75 Å². The highest BCUT2D eigenvalue weighted by atomic mass is 79.9. The first kappa shape index (κ1) is 15.4. The Kier molecular flexibility index (Phi) is 4.10. The molecular formula is C20H16BrNO2. The van der Waals surface area contributed by atoms with Crippen molar-refractivity contribution in [2.75, 3.05) is 0 Å². The summed E-state index contributed by atoms with van der Waals surface area (Å²) >= 11 is 3.44. The molecule has 0 saturated heterocycles. The van der Waals surface area contributed by atoms with Crippen molar-refractivity contribution in [2.45, 2.75) is 12.3 Å². The van der Waals surface area contributed by atoms with E-state index in [1.54, 1.807) is 0 Å². The van der Waals surface area contributed by atoms with Crippen LogP contribution in [0.15, 0.2) is 83.3 Å². The molecule has 1 N–H and O–H groups in total. The first-order chi connectivity index (χ1) is 11.7. The Bertz CT molecular complexity index is 836. The summed E-state index contributed by atoms with van der Waals surface area (Å²) < 4.78 is 7.07. The van der Waals surface area contributed by atoms with E-state index in [0.29, 0.717) is 0 Å². The molecule has 0 bridgehead atoms. The number of nitrogens with zero attached hydrogens (tertiary/aromatic N) is 1. The molecule has 2 atom stereocenters. The molecule has 0 saturated carbocycles. The molecule has 4 rings (SSSR count). The normalized spacial score (nSPS) is 20.2. The molecular weight excluding hydrogens is 366 g/mol.